The van der Waals surface area contributed by atoms with Gasteiger partial charge in [0.1, 0.15) is 24.6 Å². The third kappa shape index (κ3) is 4.51. The Kier molecular flexibility index (Phi) is 5.20. The normalized spacial score (nSPS) is 10.5. The first-order valence-electron chi connectivity index (χ1n) is 7.81. The van der Waals surface area contributed by atoms with Crippen LogP contribution in [0.4, 0.5) is 14.6 Å². The molecule has 0 atom stereocenters. The number of amides is 1. The molecule has 0 unspecified atom stereocenters. The minimum absolute atomic E-state index is 0.0300. The standard InChI is InChI=1S/C18H14F2N4O3/c1-27-24-17(25)5-3-15(23-24)18(26)22-16-4-2-11(10-21-16)6-12-7-13(19)9-14(20)8-12/h2-5,7-10H,6H2,1H3,(H,21,22,26). The van der Waals surface area contributed by atoms with Gasteiger partial charge in [-0.1, -0.05) is 10.9 Å². The van der Waals surface area contributed by atoms with E-state index < -0.39 is 23.1 Å². The fourth-order valence-corrected chi connectivity index (χ4v) is 2.38. The molecule has 9 heteroatoms. The Balaban J connectivity index is 1.70. The number of halogens is 2. The Hall–Kier alpha value is -3.62. The van der Waals surface area contributed by atoms with Crippen LogP contribution in [0.2, 0.25) is 0 Å². The van der Waals surface area contributed by atoms with Crippen molar-refractivity contribution < 1.29 is 18.4 Å². The Labute approximate surface area is 152 Å². The van der Waals surface area contributed by atoms with Crippen molar-refractivity contribution in [3.63, 3.8) is 0 Å². The highest BCUT2D eigenvalue weighted by atomic mass is 19.1. The third-order valence-corrected chi connectivity index (χ3v) is 3.57. The average Bonchev–Trinajstić information content (AvgIpc) is 2.63. The summed E-state index contributed by atoms with van der Waals surface area (Å²) in [5.74, 6) is -1.61. The van der Waals surface area contributed by atoms with Crippen LogP contribution >= 0.6 is 0 Å². The first kappa shape index (κ1) is 18.2. The van der Waals surface area contributed by atoms with Gasteiger partial charge in [0.15, 0.2) is 5.69 Å². The molecule has 0 aliphatic heterocycles. The number of hydrogen-bond donors (Lipinski definition) is 1. The van der Waals surface area contributed by atoms with Gasteiger partial charge >= 0.3 is 5.56 Å². The molecule has 3 rings (SSSR count). The number of nitrogens with zero attached hydrogens (tertiary/aromatic N) is 3. The van der Waals surface area contributed by atoms with E-state index in [0.29, 0.717) is 16.0 Å². The molecular formula is C18H14F2N4O3. The molecule has 1 aromatic carbocycles. The number of carbonyl (C=O) groups excluding carboxylic acids is 1. The van der Waals surface area contributed by atoms with Gasteiger partial charge in [-0.05, 0) is 41.8 Å². The largest absolute Gasteiger partial charge is 0.397 e. The quantitative estimate of drug-likeness (QED) is 0.738. The SMILES string of the molecule is COn1nc(C(=O)Nc2ccc(Cc3cc(F)cc(F)c3)cn2)ccc1=O. The second-order valence-corrected chi connectivity index (χ2v) is 5.57. The van der Waals surface area contributed by atoms with Crippen LogP contribution in [-0.2, 0) is 6.42 Å². The van der Waals surface area contributed by atoms with Crippen molar-refractivity contribution in [1.82, 2.24) is 14.9 Å². The smallest absolute Gasteiger partial charge is 0.303 e. The number of pyridine rings is 1. The molecule has 0 saturated carbocycles. The third-order valence-electron chi connectivity index (χ3n) is 3.57. The minimum Gasteiger partial charge on any atom is -0.397 e. The lowest BCUT2D eigenvalue weighted by atomic mass is 10.1. The molecule has 0 aliphatic carbocycles. The molecule has 7 nitrogen and oxygen atoms in total. The Bertz CT molecular complexity index is 1020. The number of carbonyl (C=O) groups is 1. The summed E-state index contributed by atoms with van der Waals surface area (Å²) < 4.78 is 26.5. The fraction of sp³-hybridized carbons (Fsp3) is 0.111. The number of benzene rings is 1. The van der Waals surface area contributed by atoms with Gasteiger partial charge in [-0.2, -0.15) is 0 Å². The maximum Gasteiger partial charge on any atom is 0.303 e. The van der Waals surface area contributed by atoms with Crippen LogP contribution in [0.1, 0.15) is 21.6 Å². The first-order chi connectivity index (χ1) is 12.9. The van der Waals surface area contributed by atoms with E-state index in [4.69, 9.17) is 4.84 Å². The molecule has 2 heterocycles. The number of anilines is 1. The van der Waals surface area contributed by atoms with E-state index in [0.717, 1.165) is 12.1 Å². The molecule has 1 N–H and O–H groups in total. The molecule has 0 saturated heterocycles. The van der Waals surface area contributed by atoms with Crippen molar-refractivity contribution in [2.45, 2.75) is 6.42 Å². The van der Waals surface area contributed by atoms with Crippen LogP contribution < -0.4 is 15.7 Å². The van der Waals surface area contributed by atoms with Crippen LogP contribution in [0.15, 0.2) is 53.5 Å². The highest BCUT2D eigenvalue weighted by Gasteiger charge is 2.11. The Morgan fingerprint density at radius 3 is 2.48 bits per heavy atom. The molecule has 138 valence electrons. The zero-order chi connectivity index (χ0) is 19.4. The van der Waals surface area contributed by atoms with E-state index in [1.807, 2.05) is 0 Å². The van der Waals surface area contributed by atoms with Crippen molar-refractivity contribution in [3.8, 4) is 0 Å². The molecule has 1 amide bonds. The summed E-state index contributed by atoms with van der Waals surface area (Å²) in [4.78, 5) is 33.1. The van der Waals surface area contributed by atoms with Gasteiger partial charge in [0.05, 0.1) is 0 Å². The van der Waals surface area contributed by atoms with E-state index in [1.165, 1.54) is 31.5 Å². The van der Waals surface area contributed by atoms with Crippen molar-refractivity contribution >= 4 is 11.7 Å². The van der Waals surface area contributed by atoms with Gasteiger partial charge in [0, 0.05) is 18.3 Å². The second kappa shape index (κ2) is 7.73. The maximum atomic E-state index is 13.2. The summed E-state index contributed by atoms with van der Waals surface area (Å²) in [6, 6.07) is 8.94. The van der Waals surface area contributed by atoms with Crippen LogP contribution in [-0.4, -0.2) is 27.9 Å². The van der Waals surface area contributed by atoms with Crippen molar-refractivity contribution in [1.29, 1.82) is 0 Å². The highest BCUT2D eigenvalue weighted by Crippen LogP contribution is 2.14. The van der Waals surface area contributed by atoms with Gasteiger partial charge in [-0.3, -0.25) is 9.59 Å². The van der Waals surface area contributed by atoms with Gasteiger partial charge in [-0.25, -0.2) is 13.8 Å². The molecule has 2 aromatic heterocycles. The van der Waals surface area contributed by atoms with Crippen LogP contribution in [0.3, 0.4) is 0 Å². The number of rotatable bonds is 5. The lowest BCUT2D eigenvalue weighted by Gasteiger charge is -2.07. The lowest BCUT2D eigenvalue weighted by molar-refractivity contribution is 0.0974. The van der Waals surface area contributed by atoms with Gasteiger partial charge in [0.2, 0.25) is 0 Å². The van der Waals surface area contributed by atoms with Gasteiger partial charge < -0.3 is 10.2 Å². The van der Waals surface area contributed by atoms with Crippen LogP contribution in [0.25, 0.3) is 0 Å². The molecule has 0 spiro atoms. The lowest BCUT2D eigenvalue weighted by Crippen LogP contribution is -2.29. The van der Waals surface area contributed by atoms with Gasteiger partial charge in [-0.15, -0.1) is 5.10 Å². The van der Waals surface area contributed by atoms with Crippen molar-refractivity contribution in [3.05, 3.63) is 87.5 Å². The maximum absolute atomic E-state index is 13.2. The fourth-order valence-electron chi connectivity index (χ4n) is 2.38. The zero-order valence-electron chi connectivity index (χ0n) is 14.1. The van der Waals surface area contributed by atoms with E-state index in [1.54, 1.807) is 12.1 Å². The van der Waals surface area contributed by atoms with E-state index in [9.17, 15) is 18.4 Å². The monoisotopic (exact) mass is 372 g/mol. The minimum atomic E-state index is -0.647. The molecule has 27 heavy (non-hydrogen) atoms. The Morgan fingerprint density at radius 2 is 1.85 bits per heavy atom. The molecule has 3 aromatic rings. The molecule has 0 bridgehead atoms. The number of nitrogens with one attached hydrogen (secondary N) is 1. The summed E-state index contributed by atoms with van der Waals surface area (Å²) in [5.41, 5.74) is 0.643. The van der Waals surface area contributed by atoms with E-state index in [-0.39, 0.29) is 17.9 Å². The molecule has 0 radical (unpaired) electrons. The summed E-state index contributed by atoms with van der Waals surface area (Å²) in [6.45, 7) is 0. The average molecular weight is 372 g/mol. The Morgan fingerprint density at radius 1 is 1.11 bits per heavy atom. The molecular weight excluding hydrogens is 358 g/mol. The summed E-state index contributed by atoms with van der Waals surface area (Å²) >= 11 is 0. The first-order valence-corrected chi connectivity index (χ1v) is 7.81. The molecule has 0 aliphatic rings. The predicted molar refractivity (Wildman–Crippen MR) is 92.4 cm³/mol. The van der Waals surface area contributed by atoms with E-state index in [2.05, 4.69) is 15.4 Å². The van der Waals surface area contributed by atoms with Gasteiger partial charge in [0.25, 0.3) is 5.91 Å². The van der Waals surface area contributed by atoms with Crippen LogP contribution in [0.5, 0.6) is 0 Å². The zero-order valence-corrected chi connectivity index (χ0v) is 14.1. The second-order valence-electron chi connectivity index (χ2n) is 5.57. The topological polar surface area (TPSA) is 86.1 Å². The number of aromatic nitrogens is 3. The summed E-state index contributed by atoms with van der Waals surface area (Å²) in [5, 5.41) is 6.28. The van der Waals surface area contributed by atoms with E-state index >= 15 is 0 Å². The number of hydrogen-bond acceptors (Lipinski definition) is 5. The van der Waals surface area contributed by atoms with Crippen LogP contribution in [0, 0.1) is 11.6 Å². The summed E-state index contributed by atoms with van der Waals surface area (Å²) in [6.07, 6.45) is 1.78. The van der Waals surface area contributed by atoms with Crippen molar-refractivity contribution in [2.24, 2.45) is 0 Å². The summed E-state index contributed by atoms with van der Waals surface area (Å²) in [7, 11) is 1.25. The predicted octanol–water partition coefficient (Wildman–Crippen LogP) is 1.82. The molecule has 0 fully saturated rings. The van der Waals surface area contributed by atoms with Crippen molar-refractivity contribution in [2.75, 3.05) is 12.4 Å². The highest BCUT2D eigenvalue weighted by molar-refractivity contribution is 6.02.